The molecule has 2 aromatic rings. The van der Waals surface area contributed by atoms with E-state index in [1.165, 1.54) is 4.90 Å². The molecule has 2 aromatic carbocycles. The first-order valence-electron chi connectivity index (χ1n) is 8.05. The maximum Gasteiger partial charge on any atom is 0.265 e. The molecule has 6 nitrogen and oxygen atoms in total. The van der Waals surface area contributed by atoms with Crippen LogP contribution in [0.1, 0.15) is 22.3 Å². The van der Waals surface area contributed by atoms with Crippen LogP contribution in [0.5, 0.6) is 11.5 Å². The van der Waals surface area contributed by atoms with Crippen molar-refractivity contribution in [2.45, 2.75) is 12.0 Å². The van der Waals surface area contributed by atoms with Gasteiger partial charge in [-0.25, -0.2) is 0 Å². The fraction of sp³-hybridized carbons (Fsp3) is 0.200. The summed E-state index contributed by atoms with van der Waals surface area (Å²) in [5.41, 5.74) is -0.699. The van der Waals surface area contributed by atoms with Crippen LogP contribution in [0.4, 0.5) is 5.69 Å². The van der Waals surface area contributed by atoms with Gasteiger partial charge in [0.15, 0.2) is 22.9 Å². The van der Waals surface area contributed by atoms with E-state index < -0.39 is 11.5 Å². The van der Waals surface area contributed by atoms with Gasteiger partial charge in [0.1, 0.15) is 0 Å². The van der Waals surface area contributed by atoms with E-state index in [-0.39, 0.29) is 25.5 Å². The van der Waals surface area contributed by atoms with Crippen LogP contribution in [-0.4, -0.2) is 30.1 Å². The predicted molar refractivity (Wildman–Crippen MR) is 93.0 cm³/mol. The van der Waals surface area contributed by atoms with E-state index in [4.69, 9.17) is 15.9 Å². The van der Waals surface area contributed by atoms with E-state index in [1.54, 1.807) is 42.5 Å². The predicted octanol–water partition coefficient (Wildman–Crippen LogP) is 1.86. The molecule has 6 heteroatoms. The summed E-state index contributed by atoms with van der Waals surface area (Å²) in [6.07, 6.45) is 4.96. The van der Waals surface area contributed by atoms with Crippen molar-refractivity contribution >= 4 is 17.4 Å². The second kappa shape index (κ2) is 5.90. The van der Waals surface area contributed by atoms with Crippen molar-refractivity contribution in [2.24, 2.45) is 0 Å². The van der Waals surface area contributed by atoms with Gasteiger partial charge in [-0.2, -0.15) is 0 Å². The van der Waals surface area contributed by atoms with Crippen LogP contribution in [-0.2, 0) is 10.4 Å². The van der Waals surface area contributed by atoms with Crippen molar-refractivity contribution in [1.82, 2.24) is 0 Å². The zero-order valence-corrected chi connectivity index (χ0v) is 13.8. The first-order valence-corrected chi connectivity index (χ1v) is 8.05. The van der Waals surface area contributed by atoms with Crippen molar-refractivity contribution in [3.05, 3.63) is 53.6 Å². The minimum Gasteiger partial charge on any atom is -0.454 e. The molecule has 1 amide bonds. The summed E-state index contributed by atoms with van der Waals surface area (Å²) in [6, 6.07) is 11.6. The molecular formula is C20H15NO5. The summed E-state index contributed by atoms with van der Waals surface area (Å²) in [5.74, 6) is 2.47. The second-order valence-electron chi connectivity index (χ2n) is 6.14. The number of rotatable bonds is 4. The number of fused-ring (bicyclic) bond motifs is 2. The Balaban J connectivity index is 1.68. The quantitative estimate of drug-likeness (QED) is 0.673. The van der Waals surface area contributed by atoms with Crippen LogP contribution >= 0.6 is 0 Å². The SMILES string of the molecule is C#CCN1C(=O)[C@](O)(CC(=O)c2ccc3c(c2)OCO3)c2ccccc21. The summed E-state index contributed by atoms with van der Waals surface area (Å²) in [4.78, 5) is 26.9. The van der Waals surface area contributed by atoms with Gasteiger partial charge >= 0.3 is 0 Å². The molecule has 2 heterocycles. The van der Waals surface area contributed by atoms with Gasteiger partial charge < -0.3 is 14.6 Å². The van der Waals surface area contributed by atoms with Crippen LogP contribution in [0, 0.1) is 12.3 Å². The Morgan fingerprint density at radius 2 is 2.00 bits per heavy atom. The molecule has 2 aliphatic rings. The molecule has 4 rings (SSSR count). The maximum absolute atomic E-state index is 12.8. The number of ketones is 1. The molecule has 0 bridgehead atoms. The highest BCUT2D eigenvalue weighted by Gasteiger charge is 2.50. The third-order valence-corrected chi connectivity index (χ3v) is 4.60. The van der Waals surface area contributed by atoms with Crippen LogP contribution < -0.4 is 14.4 Å². The van der Waals surface area contributed by atoms with E-state index in [2.05, 4.69) is 5.92 Å². The maximum atomic E-state index is 12.8. The van der Waals surface area contributed by atoms with Crippen LogP contribution in [0.15, 0.2) is 42.5 Å². The Morgan fingerprint density at radius 3 is 2.81 bits per heavy atom. The van der Waals surface area contributed by atoms with Crippen LogP contribution in [0.2, 0.25) is 0 Å². The van der Waals surface area contributed by atoms with Gasteiger partial charge in [0, 0.05) is 11.1 Å². The number of Topliss-reactive ketones (excluding diaryl/α,β-unsaturated/α-hetero) is 1. The molecule has 1 N–H and O–H groups in total. The lowest BCUT2D eigenvalue weighted by atomic mass is 9.88. The summed E-state index contributed by atoms with van der Waals surface area (Å²) < 4.78 is 10.5. The lowest BCUT2D eigenvalue weighted by Gasteiger charge is -2.21. The molecular weight excluding hydrogens is 334 g/mol. The highest BCUT2D eigenvalue weighted by molar-refractivity contribution is 6.11. The van der Waals surface area contributed by atoms with Gasteiger partial charge in [0.25, 0.3) is 5.91 Å². The molecule has 130 valence electrons. The molecule has 0 saturated carbocycles. The lowest BCUT2D eigenvalue weighted by Crippen LogP contribution is -2.42. The minimum atomic E-state index is -1.94. The molecule has 0 unspecified atom stereocenters. The number of carbonyl (C=O) groups excluding carboxylic acids is 2. The Bertz CT molecular complexity index is 961. The topological polar surface area (TPSA) is 76.1 Å². The smallest absolute Gasteiger partial charge is 0.265 e. The van der Waals surface area contributed by atoms with Crippen molar-refractivity contribution in [2.75, 3.05) is 18.2 Å². The third-order valence-electron chi connectivity index (χ3n) is 4.60. The normalized spacial score (nSPS) is 20.0. The Hall–Kier alpha value is -3.30. The number of nitrogens with zero attached hydrogens (tertiary/aromatic N) is 1. The fourth-order valence-electron chi connectivity index (χ4n) is 3.33. The minimum absolute atomic E-state index is 0.0242. The molecule has 2 aliphatic heterocycles. The Labute approximate surface area is 149 Å². The van der Waals surface area contributed by atoms with Gasteiger partial charge in [0.2, 0.25) is 6.79 Å². The van der Waals surface area contributed by atoms with E-state index in [0.717, 1.165) is 0 Å². The van der Waals surface area contributed by atoms with Crippen molar-refractivity contribution in [3.63, 3.8) is 0 Å². The van der Waals surface area contributed by atoms with Gasteiger partial charge in [-0.1, -0.05) is 24.1 Å². The molecule has 0 fully saturated rings. The van der Waals surface area contributed by atoms with E-state index in [1.807, 2.05) is 0 Å². The van der Waals surface area contributed by atoms with E-state index >= 15 is 0 Å². The number of para-hydroxylation sites is 1. The first kappa shape index (κ1) is 16.2. The Kier molecular flexibility index (Phi) is 3.67. The zero-order valence-electron chi connectivity index (χ0n) is 13.8. The molecule has 0 saturated heterocycles. The molecule has 0 radical (unpaired) electrons. The number of ether oxygens (including phenoxy) is 2. The molecule has 1 atom stereocenters. The van der Waals surface area contributed by atoms with Crippen LogP contribution in [0.25, 0.3) is 0 Å². The number of carbonyl (C=O) groups is 2. The number of amides is 1. The number of anilines is 1. The number of hydrogen-bond acceptors (Lipinski definition) is 5. The molecule has 0 spiro atoms. The summed E-state index contributed by atoms with van der Waals surface area (Å²) in [6.45, 7) is 0.125. The average molecular weight is 349 g/mol. The molecule has 0 aromatic heterocycles. The van der Waals surface area contributed by atoms with Crippen LogP contribution in [0.3, 0.4) is 0 Å². The molecule has 26 heavy (non-hydrogen) atoms. The summed E-state index contributed by atoms with van der Waals surface area (Å²) >= 11 is 0. The highest BCUT2D eigenvalue weighted by atomic mass is 16.7. The van der Waals surface area contributed by atoms with Gasteiger partial charge in [0.05, 0.1) is 18.7 Å². The number of benzene rings is 2. The summed E-state index contributed by atoms with van der Waals surface area (Å²) in [7, 11) is 0. The number of terminal acetylenes is 1. The van der Waals surface area contributed by atoms with E-state index in [0.29, 0.717) is 28.3 Å². The third kappa shape index (κ3) is 2.33. The van der Waals surface area contributed by atoms with Crippen molar-refractivity contribution in [3.8, 4) is 23.8 Å². The average Bonchev–Trinajstić information content (AvgIpc) is 3.19. The summed E-state index contributed by atoms with van der Waals surface area (Å²) in [5, 5.41) is 11.1. The van der Waals surface area contributed by atoms with Gasteiger partial charge in [-0.05, 0) is 24.3 Å². The standard InChI is InChI=1S/C20H15NO5/c1-2-9-21-15-6-4-3-5-14(15)20(24,19(21)23)11-16(22)13-7-8-17-18(10-13)26-12-25-17/h1,3-8,10,24H,9,11-12H2/t20-/m0/s1. The largest absolute Gasteiger partial charge is 0.454 e. The van der Waals surface area contributed by atoms with Gasteiger partial charge in [-0.3, -0.25) is 14.5 Å². The monoisotopic (exact) mass is 349 g/mol. The Morgan fingerprint density at radius 1 is 1.23 bits per heavy atom. The van der Waals surface area contributed by atoms with Gasteiger partial charge in [-0.15, -0.1) is 6.42 Å². The first-order chi connectivity index (χ1) is 12.5. The fourth-order valence-corrected chi connectivity index (χ4v) is 3.33. The highest BCUT2D eigenvalue weighted by Crippen LogP contribution is 2.43. The lowest BCUT2D eigenvalue weighted by molar-refractivity contribution is -0.135. The number of aliphatic hydroxyl groups is 1. The van der Waals surface area contributed by atoms with Crippen molar-refractivity contribution in [1.29, 1.82) is 0 Å². The second-order valence-corrected chi connectivity index (χ2v) is 6.14. The number of hydrogen-bond donors (Lipinski definition) is 1. The zero-order chi connectivity index (χ0) is 18.3. The van der Waals surface area contributed by atoms with Crippen molar-refractivity contribution < 1.29 is 24.2 Å². The van der Waals surface area contributed by atoms with E-state index in [9.17, 15) is 14.7 Å². The molecule has 0 aliphatic carbocycles.